The van der Waals surface area contributed by atoms with Crippen molar-refractivity contribution in [3.8, 4) is 33.5 Å². The van der Waals surface area contributed by atoms with Crippen molar-refractivity contribution in [2.24, 2.45) is 11.8 Å². The van der Waals surface area contributed by atoms with Crippen LogP contribution in [0.25, 0.3) is 44.5 Å². The smallest absolute Gasteiger partial charge is 0.248 e. The van der Waals surface area contributed by atoms with Gasteiger partial charge < -0.3 is 20.6 Å². The van der Waals surface area contributed by atoms with Crippen molar-refractivity contribution in [1.29, 1.82) is 0 Å². The molecule has 2 aliphatic carbocycles. The summed E-state index contributed by atoms with van der Waals surface area (Å²) in [6.07, 6.45) is 1.50. The molecule has 2 saturated carbocycles. The van der Waals surface area contributed by atoms with E-state index in [0.717, 1.165) is 44.5 Å². The maximum absolute atomic E-state index is 13.4. The maximum Gasteiger partial charge on any atom is 0.248 e. The number of hydrogen-bond acceptors (Lipinski definition) is 4. The number of carbonyl (C=O) groups is 2. The van der Waals surface area contributed by atoms with Crippen molar-refractivity contribution in [2.75, 3.05) is 0 Å². The average molecular weight is 687 g/mol. The predicted molar refractivity (Wildman–Crippen MR) is 182 cm³/mol. The molecule has 7 rings (SSSR count). The first-order valence-corrected chi connectivity index (χ1v) is 17.1. The Hall–Kier alpha value is -5.00. The van der Waals surface area contributed by atoms with Gasteiger partial charge in [-0.3, -0.25) is 9.59 Å². The largest absolute Gasteiger partial charge is 0.349 e. The second-order valence-electron chi connectivity index (χ2n) is 13.5. The highest BCUT2D eigenvalue weighted by molar-refractivity contribution is 5.83. The van der Waals surface area contributed by atoms with Gasteiger partial charge in [0.1, 0.15) is 11.6 Å². The van der Waals surface area contributed by atoms with Crippen molar-refractivity contribution >= 4 is 22.8 Å². The lowest BCUT2D eigenvalue weighted by molar-refractivity contribution is -0.130. The number of benzene rings is 3. The molecule has 0 aliphatic heterocycles. The van der Waals surface area contributed by atoms with E-state index in [-0.39, 0.29) is 88.1 Å². The number of amides is 2. The van der Waals surface area contributed by atoms with E-state index in [9.17, 15) is 27.2 Å². The topological polar surface area (TPSA) is 116 Å². The number of nitrogens with one attached hydrogen (secondary N) is 4. The van der Waals surface area contributed by atoms with E-state index in [1.54, 1.807) is 6.20 Å². The summed E-state index contributed by atoms with van der Waals surface area (Å²) in [5.41, 5.74) is 7.50. The minimum absolute atomic E-state index is 0.195. The van der Waals surface area contributed by atoms with Crippen LogP contribution in [0, 0.1) is 11.8 Å². The summed E-state index contributed by atoms with van der Waals surface area (Å²) in [5, 5.41) is 5.67. The van der Waals surface area contributed by atoms with Crippen molar-refractivity contribution < 1.29 is 27.2 Å². The number of aromatic nitrogens is 4. The molecule has 2 aromatic heterocycles. The van der Waals surface area contributed by atoms with Gasteiger partial charge in [-0.25, -0.2) is 27.5 Å². The van der Waals surface area contributed by atoms with Gasteiger partial charge in [-0.05, 0) is 65.6 Å². The fraction of sp³-hybridized carbons (Fsp3) is 0.368. The quantitative estimate of drug-likeness (QED) is 0.117. The molecule has 0 bridgehead atoms. The van der Waals surface area contributed by atoms with Gasteiger partial charge in [-0.1, -0.05) is 54.6 Å². The van der Waals surface area contributed by atoms with Gasteiger partial charge in [0.05, 0.1) is 36.0 Å². The fourth-order valence-corrected chi connectivity index (χ4v) is 6.86. The highest BCUT2D eigenvalue weighted by Crippen LogP contribution is 2.37. The zero-order valence-electron chi connectivity index (χ0n) is 27.4. The van der Waals surface area contributed by atoms with Gasteiger partial charge in [0.15, 0.2) is 0 Å². The molecule has 2 heterocycles. The molecule has 2 aliphatic rings. The van der Waals surface area contributed by atoms with E-state index in [4.69, 9.17) is 0 Å². The van der Waals surface area contributed by atoms with Crippen LogP contribution in [0.5, 0.6) is 0 Å². The first kappa shape index (κ1) is 33.5. The van der Waals surface area contributed by atoms with E-state index in [1.165, 1.54) is 0 Å². The Morgan fingerprint density at radius 2 is 1.10 bits per heavy atom. The van der Waals surface area contributed by atoms with Gasteiger partial charge in [0.25, 0.3) is 0 Å². The highest BCUT2D eigenvalue weighted by Gasteiger charge is 2.38. The van der Waals surface area contributed by atoms with E-state index in [0.29, 0.717) is 11.6 Å². The molecule has 4 N–H and O–H groups in total. The van der Waals surface area contributed by atoms with Gasteiger partial charge in [-0.2, -0.15) is 0 Å². The normalized spacial score (nSPS) is 17.8. The number of carbonyl (C=O) groups excluding carboxylic acids is 2. The maximum atomic E-state index is 13.4. The van der Waals surface area contributed by atoms with Crippen LogP contribution in [0.2, 0.25) is 0 Å². The molecule has 8 nitrogen and oxygen atoms in total. The number of hydrogen-bond donors (Lipinski definition) is 4. The van der Waals surface area contributed by atoms with Crippen LogP contribution in [-0.4, -0.2) is 43.6 Å². The van der Waals surface area contributed by atoms with Crippen molar-refractivity contribution in [3.05, 3.63) is 84.6 Å². The predicted octanol–water partition coefficient (Wildman–Crippen LogP) is 8.17. The zero-order chi connectivity index (χ0) is 34.9. The third-order valence-corrected chi connectivity index (χ3v) is 9.94. The van der Waals surface area contributed by atoms with Crippen LogP contribution in [0.4, 0.5) is 17.6 Å². The highest BCUT2D eigenvalue weighted by atomic mass is 19.3. The molecule has 2 fully saturated rings. The number of nitrogens with zero attached hydrogens (tertiary/aromatic N) is 2. The summed E-state index contributed by atoms with van der Waals surface area (Å²) < 4.78 is 53.7. The van der Waals surface area contributed by atoms with Crippen molar-refractivity contribution in [3.63, 3.8) is 0 Å². The molecule has 0 unspecified atom stereocenters. The Balaban J connectivity index is 0.931. The minimum Gasteiger partial charge on any atom is -0.349 e. The minimum atomic E-state index is -2.66. The van der Waals surface area contributed by atoms with Gasteiger partial charge in [0.2, 0.25) is 23.7 Å². The van der Waals surface area contributed by atoms with Crippen molar-refractivity contribution in [2.45, 2.75) is 76.3 Å². The molecule has 0 atom stereocenters. The number of halogens is 4. The number of H-pyrrole nitrogens is 2. The first-order valence-electron chi connectivity index (χ1n) is 17.1. The molecule has 0 spiro atoms. The Kier molecular flexibility index (Phi) is 9.19. The Morgan fingerprint density at radius 3 is 1.64 bits per heavy atom. The molecule has 260 valence electrons. The Morgan fingerprint density at radius 1 is 0.640 bits per heavy atom. The third-order valence-electron chi connectivity index (χ3n) is 9.94. The zero-order valence-corrected chi connectivity index (χ0v) is 27.4. The number of fused-ring (bicyclic) bond motifs is 1. The van der Waals surface area contributed by atoms with E-state index in [1.807, 2.05) is 42.5 Å². The second kappa shape index (κ2) is 13.7. The molecular weight excluding hydrogens is 648 g/mol. The number of aromatic amines is 2. The number of imidazole rings is 2. The van der Waals surface area contributed by atoms with Crippen LogP contribution in [0.1, 0.15) is 63.0 Å². The summed E-state index contributed by atoms with van der Waals surface area (Å²) in [7, 11) is 0. The van der Waals surface area contributed by atoms with Gasteiger partial charge >= 0.3 is 0 Å². The lowest BCUT2D eigenvalue weighted by atomic mass is 9.86. The molecule has 12 heteroatoms. The SMILES string of the molecule is O=C(NCc1ncc(-c2ccc(-c3ccc(-c4ccc5nc(CNC(=O)C6CCC(F)(F)CC6)[nH]c5c4)cc3)cc2)[nH]1)C1CCC(F)(F)CC1. The number of rotatable bonds is 9. The third kappa shape index (κ3) is 7.74. The standard InChI is InChI=1S/C38H38F4N6O2/c39-37(40)15-11-27(12-16-37)35(49)44-21-33-43-20-32(48-33)26-7-5-24(6-8-26)23-1-3-25(4-2-23)29-9-10-30-31(19-29)47-34(46-30)22-45-36(50)28-13-17-38(41,42)18-14-28/h1-10,19-20,27-28H,11-18,21-22H2,(H,43,48)(H,44,49)(H,45,50)(H,46,47). The molecule has 0 radical (unpaired) electrons. The Bertz CT molecular complexity index is 1970. The molecule has 3 aromatic carbocycles. The van der Waals surface area contributed by atoms with Crippen LogP contribution >= 0.6 is 0 Å². The lowest BCUT2D eigenvalue weighted by Gasteiger charge is -2.27. The van der Waals surface area contributed by atoms with E-state index < -0.39 is 11.8 Å². The summed E-state index contributed by atoms with van der Waals surface area (Å²) in [5.74, 6) is -5.32. The number of alkyl halides is 4. The molecule has 5 aromatic rings. The summed E-state index contributed by atoms with van der Waals surface area (Å²) >= 11 is 0. The molecular formula is C38H38F4N6O2. The van der Waals surface area contributed by atoms with Crippen LogP contribution in [-0.2, 0) is 22.7 Å². The second-order valence-corrected chi connectivity index (χ2v) is 13.5. The van der Waals surface area contributed by atoms with E-state index >= 15 is 0 Å². The Labute approximate surface area is 286 Å². The average Bonchev–Trinajstić information content (AvgIpc) is 3.76. The first-order chi connectivity index (χ1) is 24.0. The van der Waals surface area contributed by atoms with Crippen molar-refractivity contribution in [1.82, 2.24) is 30.6 Å². The van der Waals surface area contributed by atoms with E-state index in [2.05, 4.69) is 54.8 Å². The fourth-order valence-electron chi connectivity index (χ4n) is 6.86. The summed E-state index contributed by atoms with van der Waals surface area (Å²) in [6.45, 7) is 0.410. The molecule has 2 amide bonds. The summed E-state index contributed by atoms with van der Waals surface area (Å²) in [4.78, 5) is 40.4. The van der Waals surface area contributed by atoms with Crippen LogP contribution in [0.15, 0.2) is 72.9 Å². The lowest BCUT2D eigenvalue weighted by Crippen LogP contribution is -2.35. The van der Waals surface area contributed by atoms with Gasteiger partial charge in [0, 0.05) is 37.5 Å². The summed E-state index contributed by atoms with van der Waals surface area (Å²) in [6, 6.07) is 22.3. The molecule has 0 saturated heterocycles. The van der Waals surface area contributed by atoms with Gasteiger partial charge in [-0.15, -0.1) is 0 Å². The monoisotopic (exact) mass is 686 g/mol. The van der Waals surface area contributed by atoms with Crippen LogP contribution < -0.4 is 10.6 Å². The van der Waals surface area contributed by atoms with Crippen LogP contribution in [0.3, 0.4) is 0 Å². The molecule has 50 heavy (non-hydrogen) atoms.